The molecule has 1 heterocycles. The molecule has 1 N–H and O–H groups in total. The van der Waals surface area contributed by atoms with E-state index in [-0.39, 0.29) is 22.3 Å². The van der Waals surface area contributed by atoms with Gasteiger partial charge in [-0.1, -0.05) is 45.0 Å². The van der Waals surface area contributed by atoms with Gasteiger partial charge < -0.3 is 14.6 Å². The molecular formula is C30H28N2O5. The van der Waals surface area contributed by atoms with Gasteiger partial charge in [-0.3, -0.25) is 14.5 Å². The lowest BCUT2D eigenvalue weighted by Gasteiger charge is -2.26. The van der Waals surface area contributed by atoms with Crippen LogP contribution in [0.15, 0.2) is 72.3 Å². The maximum absolute atomic E-state index is 13.5. The molecule has 7 nitrogen and oxygen atoms in total. The fourth-order valence-corrected chi connectivity index (χ4v) is 4.42. The summed E-state index contributed by atoms with van der Waals surface area (Å²) >= 11 is 0. The molecule has 0 spiro atoms. The summed E-state index contributed by atoms with van der Waals surface area (Å²) in [5.41, 5.74) is 2.66. The Bertz CT molecular complexity index is 1420. The van der Waals surface area contributed by atoms with E-state index < -0.39 is 17.7 Å². The Balaban J connectivity index is 1.96. The van der Waals surface area contributed by atoms with Crippen molar-refractivity contribution in [1.82, 2.24) is 0 Å². The van der Waals surface area contributed by atoms with Crippen molar-refractivity contribution in [2.24, 2.45) is 0 Å². The molecule has 1 unspecified atom stereocenters. The first-order chi connectivity index (χ1) is 17.6. The molecule has 1 aliphatic heterocycles. The van der Waals surface area contributed by atoms with Crippen LogP contribution < -0.4 is 14.4 Å². The molecule has 37 heavy (non-hydrogen) atoms. The maximum atomic E-state index is 13.5. The topological polar surface area (TPSA) is 99.9 Å². The Morgan fingerprint density at radius 1 is 0.946 bits per heavy atom. The molecule has 1 aliphatic rings. The molecule has 1 saturated heterocycles. The van der Waals surface area contributed by atoms with Crippen molar-refractivity contribution >= 4 is 23.1 Å². The zero-order chi connectivity index (χ0) is 26.9. The first kappa shape index (κ1) is 25.5. The first-order valence-corrected chi connectivity index (χ1v) is 11.7. The molecule has 1 fully saturated rings. The smallest absolute Gasteiger partial charge is 0.300 e. The lowest BCUT2D eigenvalue weighted by atomic mass is 9.85. The molecule has 0 radical (unpaired) electrons. The molecule has 188 valence electrons. The van der Waals surface area contributed by atoms with E-state index >= 15 is 0 Å². The number of ether oxygens (including phenoxy) is 2. The number of nitriles is 1. The fourth-order valence-electron chi connectivity index (χ4n) is 4.42. The number of hydrogen-bond acceptors (Lipinski definition) is 6. The largest absolute Gasteiger partial charge is 0.507 e. The summed E-state index contributed by atoms with van der Waals surface area (Å²) in [6.45, 7) is 6.29. The van der Waals surface area contributed by atoms with Crippen LogP contribution in [0, 0.1) is 11.3 Å². The van der Waals surface area contributed by atoms with Crippen LogP contribution in [0.4, 0.5) is 5.69 Å². The van der Waals surface area contributed by atoms with E-state index in [4.69, 9.17) is 9.47 Å². The molecule has 7 heteroatoms. The molecule has 0 saturated carbocycles. The summed E-state index contributed by atoms with van der Waals surface area (Å²) in [4.78, 5) is 28.2. The summed E-state index contributed by atoms with van der Waals surface area (Å²) < 4.78 is 10.7. The van der Waals surface area contributed by atoms with Crippen LogP contribution in [0.5, 0.6) is 11.5 Å². The summed E-state index contributed by atoms with van der Waals surface area (Å²) in [5, 5.41) is 20.7. The normalized spacial score (nSPS) is 17.0. The van der Waals surface area contributed by atoms with Gasteiger partial charge in [-0.15, -0.1) is 0 Å². The third kappa shape index (κ3) is 4.66. The number of carbonyl (C=O) groups is 2. The van der Waals surface area contributed by atoms with Crippen molar-refractivity contribution in [2.45, 2.75) is 32.2 Å². The zero-order valence-corrected chi connectivity index (χ0v) is 21.4. The molecule has 0 bridgehead atoms. The van der Waals surface area contributed by atoms with Crippen molar-refractivity contribution in [3.05, 3.63) is 94.6 Å². The van der Waals surface area contributed by atoms with Crippen molar-refractivity contribution in [2.75, 3.05) is 19.1 Å². The Labute approximate surface area is 216 Å². The second-order valence-electron chi connectivity index (χ2n) is 9.77. The average Bonchev–Trinajstić information content (AvgIpc) is 3.17. The molecular weight excluding hydrogens is 468 g/mol. The quantitative estimate of drug-likeness (QED) is 0.284. The summed E-state index contributed by atoms with van der Waals surface area (Å²) in [6, 6.07) is 20.1. The molecule has 1 atom stereocenters. The molecule has 3 aromatic rings. The monoisotopic (exact) mass is 496 g/mol. The Morgan fingerprint density at radius 2 is 1.59 bits per heavy atom. The second-order valence-corrected chi connectivity index (χ2v) is 9.77. The SMILES string of the molecule is COc1ccc(OC)c(/C(O)=C2\C(=O)C(=O)N(c3ccc(C#N)cc3)C2c2ccc(C(C)(C)C)cc2)c1. The van der Waals surface area contributed by atoms with Gasteiger partial charge in [0.05, 0.1) is 43.0 Å². The summed E-state index contributed by atoms with van der Waals surface area (Å²) in [7, 11) is 2.95. The maximum Gasteiger partial charge on any atom is 0.300 e. The molecule has 3 aromatic carbocycles. The Kier molecular flexibility index (Phi) is 6.78. The highest BCUT2D eigenvalue weighted by molar-refractivity contribution is 6.51. The second kappa shape index (κ2) is 9.82. The lowest BCUT2D eigenvalue weighted by Crippen LogP contribution is -2.29. The van der Waals surface area contributed by atoms with Gasteiger partial charge in [0.1, 0.15) is 17.3 Å². The summed E-state index contributed by atoms with van der Waals surface area (Å²) in [5.74, 6) is -1.19. The first-order valence-electron chi connectivity index (χ1n) is 11.7. The van der Waals surface area contributed by atoms with Crippen LogP contribution in [0.3, 0.4) is 0 Å². The number of anilines is 1. The highest BCUT2D eigenvalue weighted by atomic mass is 16.5. The lowest BCUT2D eigenvalue weighted by molar-refractivity contribution is -0.132. The van der Waals surface area contributed by atoms with Gasteiger partial charge in [-0.2, -0.15) is 5.26 Å². The van der Waals surface area contributed by atoms with Gasteiger partial charge in [-0.05, 0) is 59.0 Å². The number of methoxy groups -OCH3 is 2. The third-order valence-electron chi connectivity index (χ3n) is 6.47. The molecule has 0 aromatic heterocycles. The van der Waals surface area contributed by atoms with Gasteiger partial charge >= 0.3 is 0 Å². The number of aliphatic hydroxyl groups is 1. The number of Topliss-reactive ketones (excluding diaryl/α,β-unsaturated/α-hetero) is 1. The summed E-state index contributed by atoms with van der Waals surface area (Å²) in [6.07, 6.45) is 0. The van der Waals surface area contributed by atoms with E-state index in [9.17, 15) is 20.0 Å². The average molecular weight is 497 g/mol. The van der Waals surface area contributed by atoms with E-state index in [2.05, 4.69) is 26.8 Å². The van der Waals surface area contributed by atoms with Gasteiger partial charge in [-0.25, -0.2) is 0 Å². The number of rotatable bonds is 5. The van der Waals surface area contributed by atoms with Crippen molar-refractivity contribution < 1.29 is 24.2 Å². The third-order valence-corrected chi connectivity index (χ3v) is 6.47. The van der Waals surface area contributed by atoms with Crippen LogP contribution in [0.25, 0.3) is 5.76 Å². The van der Waals surface area contributed by atoms with Crippen molar-refractivity contribution in [3.8, 4) is 17.6 Å². The predicted octanol–water partition coefficient (Wildman–Crippen LogP) is 5.50. The number of carbonyl (C=O) groups excluding carboxylic acids is 2. The van der Waals surface area contributed by atoms with Gasteiger partial charge in [0.2, 0.25) is 0 Å². The number of ketones is 1. The van der Waals surface area contributed by atoms with E-state index in [1.54, 1.807) is 42.5 Å². The van der Waals surface area contributed by atoms with E-state index in [0.717, 1.165) is 5.56 Å². The van der Waals surface area contributed by atoms with Gasteiger partial charge in [0.15, 0.2) is 0 Å². The molecule has 1 amide bonds. The van der Waals surface area contributed by atoms with Gasteiger partial charge in [0.25, 0.3) is 11.7 Å². The standard InChI is InChI=1S/C30H28N2O5/c1-30(2,3)20-10-8-19(9-11-20)26-25(27(33)23-16-22(36-4)14-15-24(23)37-5)28(34)29(35)32(26)21-12-6-18(17-31)7-13-21/h6-16,26,33H,1-5H3/b27-25+. The van der Waals surface area contributed by atoms with Crippen LogP contribution in [-0.4, -0.2) is 31.0 Å². The van der Waals surface area contributed by atoms with E-state index in [1.165, 1.54) is 19.1 Å². The predicted molar refractivity (Wildman–Crippen MR) is 141 cm³/mol. The highest BCUT2D eigenvalue weighted by Gasteiger charge is 2.47. The number of amides is 1. The van der Waals surface area contributed by atoms with Crippen LogP contribution in [-0.2, 0) is 15.0 Å². The van der Waals surface area contributed by atoms with Crippen LogP contribution >= 0.6 is 0 Å². The van der Waals surface area contributed by atoms with E-state index in [0.29, 0.717) is 28.3 Å². The number of nitrogens with zero attached hydrogens (tertiary/aromatic N) is 2. The number of aliphatic hydroxyl groups excluding tert-OH is 1. The number of benzene rings is 3. The molecule has 0 aliphatic carbocycles. The van der Waals surface area contributed by atoms with Crippen molar-refractivity contribution in [1.29, 1.82) is 5.26 Å². The minimum absolute atomic E-state index is 0.0654. The fraction of sp³-hybridized carbons (Fsp3) is 0.233. The Hall–Kier alpha value is -4.57. The zero-order valence-electron chi connectivity index (χ0n) is 21.4. The number of hydrogen-bond donors (Lipinski definition) is 1. The minimum Gasteiger partial charge on any atom is -0.507 e. The van der Waals surface area contributed by atoms with Crippen molar-refractivity contribution in [3.63, 3.8) is 0 Å². The van der Waals surface area contributed by atoms with Crippen LogP contribution in [0.2, 0.25) is 0 Å². The van der Waals surface area contributed by atoms with E-state index in [1.807, 2.05) is 24.3 Å². The Morgan fingerprint density at radius 3 is 2.14 bits per heavy atom. The molecule has 4 rings (SSSR count). The highest BCUT2D eigenvalue weighted by Crippen LogP contribution is 2.44. The minimum atomic E-state index is -0.905. The van der Waals surface area contributed by atoms with Gasteiger partial charge in [0, 0.05) is 5.69 Å². The van der Waals surface area contributed by atoms with Crippen LogP contribution in [0.1, 0.15) is 49.1 Å².